The first kappa shape index (κ1) is 8.66. The number of thioether (sulfide) groups is 1. The fourth-order valence-corrected chi connectivity index (χ4v) is 1.25. The van der Waals surface area contributed by atoms with E-state index in [-0.39, 0.29) is 0 Å². The molecule has 0 unspecified atom stereocenters. The second-order valence-corrected chi connectivity index (χ2v) is 2.60. The Morgan fingerprint density at radius 2 is 2.12 bits per heavy atom. The Balaban J connectivity index is 0.000000145. The van der Waals surface area contributed by atoms with Crippen molar-refractivity contribution in [3.05, 3.63) is 5.75 Å². The molecule has 0 aliphatic carbocycles. The van der Waals surface area contributed by atoms with Gasteiger partial charge in [-0.25, -0.2) is 0 Å². The quantitative estimate of drug-likeness (QED) is 0.404. The second-order valence-electron chi connectivity index (χ2n) is 1.26. The first-order valence-corrected chi connectivity index (χ1v) is 4.66. The monoisotopic (exact) mass is 167 g/mol. The molecule has 1 aliphatic rings. The Hall–Kier alpha value is 0.664. The van der Waals surface area contributed by atoms with E-state index in [1.807, 2.05) is 11.8 Å². The SMILES string of the molecule is [CH-]1CCCS1.[O]=[Ti]=[O]. The average molecular weight is 167 g/mol. The van der Waals surface area contributed by atoms with Crippen molar-refractivity contribution in [1.82, 2.24) is 0 Å². The molecule has 0 aromatic heterocycles. The summed E-state index contributed by atoms with van der Waals surface area (Å²) in [5, 5.41) is 0. The van der Waals surface area contributed by atoms with Gasteiger partial charge in [0.15, 0.2) is 0 Å². The summed E-state index contributed by atoms with van der Waals surface area (Å²) in [7, 11) is 0. The third-order valence-corrected chi connectivity index (χ3v) is 1.70. The van der Waals surface area contributed by atoms with Gasteiger partial charge in [0.05, 0.1) is 0 Å². The van der Waals surface area contributed by atoms with Crippen LogP contribution in [-0.2, 0) is 25.7 Å². The van der Waals surface area contributed by atoms with E-state index in [0.717, 1.165) is 0 Å². The van der Waals surface area contributed by atoms with Crippen LogP contribution in [0.2, 0.25) is 0 Å². The third-order valence-electron chi connectivity index (χ3n) is 0.702. The fourth-order valence-electron chi connectivity index (χ4n) is 0.417. The van der Waals surface area contributed by atoms with Crippen molar-refractivity contribution in [3.63, 3.8) is 0 Å². The van der Waals surface area contributed by atoms with Gasteiger partial charge in [-0.2, -0.15) is 6.42 Å². The third kappa shape index (κ3) is 6.66. The molecule has 0 radical (unpaired) electrons. The van der Waals surface area contributed by atoms with Crippen molar-refractivity contribution >= 4 is 11.8 Å². The van der Waals surface area contributed by atoms with Crippen LogP contribution in [0.4, 0.5) is 0 Å². The minimum absolute atomic E-state index is 1.34. The van der Waals surface area contributed by atoms with Gasteiger partial charge in [-0.05, 0) is 5.75 Å². The summed E-state index contributed by atoms with van der Waals surface area (Å²) in [6, 6.07) is 0. The molecule has 0 aromatic rings. The van der Waals surface area contributed by atoms with Crippen LogP contribution in [0, 0.1) is 5.75 Å². The molecule has 1 saturated heterocycles. The molecule has 1 fully saturated rings. The van der Waals surface area contributed by atoms with Gasteiger partial charge >= 0.3 is 25.7 Å². The van der Waals surface area contributed by atoms with Gasteiger partial charge in [-0.1, -0.05) is 6.42 Å². The van der Waals surface area contributed by atoms with Crippen LogP contribution in [0.15, 0.2) is 0 Å². The molecule has 0 saturated carbocycles. The molecule has 0 atom stereocenters. The molecule has 46 valence electrons. The summed E-state index contributed by atoms with van der Waals surface area (Å²) in [6.07, 6.45) is 2.75. The van der Waals surface area contributed by atoms with Gasteiger partial charge < -0.3 is 11.8 Å². The Morgan fingerprint density at radius 1 is 1.50 bits per heavy atom. The summed E-state index contributed by atoms with van der Waals surface area (Å²) >= 11 is -0.0509. The van der Waals surface area contributed by atoms with Crippen molar-refractivity contribution < 1.29 is 25.7 Å². The molecule has 1 rings (SSSR count). The van der Waals surface area contributed by atoms with Crippen LogP contribution in [0.3, 0.4) is 0 Å². The molecule has 0 N–H and O–H groups in total. The predicted molar refractivity (Wildman–Crippen MR) is 27.4 cm³/mol. The van der Waals surface area contributed by atoms with Crippen LogP contribution >= 0.6 is 11.8 Å². The molecule has 8 heavy (non-hydrogen) atoms. The maximum absolute atomic E-state index is 8.50. The van der Waals surface area contributed by atoms with Gasteiger partial charge in [0.25, 0.3) is 0 Å². The number of hydrogen-bond donors (Lipinski definition) is 0. The predicted octanol–water partition coefficient (Wildman–Crippen LogP) is 1.44. The van der Waals surface area contributed by atoms with Crippen molar-refractivity contribution in [2.24, 2.45) is 0 Å². The van der Waals surface area contributed by atoms with E-state index < -0.39 is 19.1 Å². The molecule has 0 amide bonds. The zero-order valence-electron chi connectivity index (χ0n) is 4.42. The Bertz CT molecular complexity index is 68.5. The Morgan fingerprint density at radius 3 is 2.25 bits per heavy atom. The molecular formula is C4H7O2STi-. The maximum atomic E-state index is 8.50. The molecule has 4 heteroatoms. The van der Waals surface area contributed by atoms with Crippen LogP contribution in [0.25, 0.3) is 0 Å². The van der Waals surface area contributed by atoms with Crippen LogP contribution < -0.4 is 0 Å². The molecule has 1 aliphatic heterocycles. The minimum atomic E-state index is -2.00. The van der Waals surface area contributed by atoms with E-state index in [2.05, 4.69) is 5.75 Å². The van der Waals surface area contributed by atoms with E-state index in [9.17, 15) is 0 Å². The molecule has 0 spiro atoms. The van der Waals surface area contributed by atoms with Crippen molar-refractivity contribution in [2.75, 3.05) is 5.75 Å². The first-order chi connectivity index (χ1) is 3.91. The van der Waals surface area contributed by atoms with Crippen LogP contribution in [0.1, 0.15) is 12.8 Å². The molecule has 2 nitrogen and oxygen atoms in total. The molecule has 0 aromatic carbocycles. The van der Waals surface area contributed by atoms with Crippen LogP contribution in [0.5, 0.6) is 0 Å². The summed E-state index contributed by atoms with van der Waals surface area (Å²) in [5.74, 6) is 3.64. The van der Waals surface area contributed by atoms with Crippen molar-refractivity contribution in [1.29, 1.82) is 0 Å². The van der Waals surface area contributed by atoms with Gasteiger partial charge in [0, 0.05) is 0 Å². The van der Waals surface area contributed by atoms with E-state index in [4.69, 9.17) is 6.65 Å². The van der Waals surface area contributed by atoms with Crippen molar-refractivity contribution in [2.45, 2.75) is 12.8 Å². The van der Waals surface area contributed by atoms with Gasteiger partial charge in [0.2, 0.25) is 0 Å². The van der Waals surface area contributed by atoms with E-state index in [0.29, 0.717) is 0 Å². The Labute approximate surface area is 62.0 Å². The average Bonchev–Trinajstić information content (AvgIpc) is 2.17. The Kier molecular flexibility index (Phi) is 8.30. The standard InChI is InChI=1S/C4H7S.2O.Ti/c1-2-4-5-3-1;;;/h3H,1-2,4H2;;;/q-1;;;. The fraction of sp³-hybridized carbons (Fsp3) is 0.750. The van der Waals surface area contributed by atoms with E-state index in [1.54, 1.807) is 0 Å². The number of hydrogen-bond acceptors (Lipinski definition) is 3. The summed E-state index contributed by atoms with van der Waals surface area (Å²) in [5.41, 5.74) is 0. The van der Waals surface area contributed by atoms with Crippen molar-refractivity contribution in [3.8, 4) is 0 Å². The zero-order valence-corrected chi connectivity index (χ0v) is 6.80. The molecule has 0 bridgehead atoms. The van der Waals surface area contributed by atoms with Gasteiger partial charge in [0.1, 0.15) is 0 Å². The van der Waals surface area contributed by atoms with E-state index >= 15 is 0 Å². The summed E-state index contributed by atoms with van der Waals surface area (Å²) < 4.78 is 17.0. The summed E-state index contributed by atoms with van der Waals surface area (Å²) in [4.78, 5) is 0. The van der Waals surface area contributed by atoms with Gasteiger partial charge in [-0.3, -0.25) is 5.75 Å². The second kappa shape index (κ2) is 7.66. The summed E-state index contributed by atoms with van der Waals surface area (Å²) in [6.45, 7) is 0. The number of rotatable bonds is 0. The van der Waals surface area contributed by atoms with E-state index in [1.165, 1.54) is 18.6 Å². The van der Waals surface area contributed by atoms with Crippen LogP contribution in [-0.4, -0.2) is 5.75 Å². The molecular weight excluding hydrogens is 160 g/mol. The normalized spacial score (nSPS) is 16.0. The topological polar surface area (TPSA) is 34.1 Å². The molecule has 1 heterocycles. The van der Waals surface area contributed by atoms with Gasteiger partial charge in [-0.15, -0.1) is 0 Å². The zero-order chi connectivity index (χ0) is 6.24. The first-order valence-electron chi connectivity index (χ1n) is 2.34.